The highest BCUT2D eigenvalue weighted by Crippen LogP contribution is 2.30. The lowest BCUT2D eigenvalue weighted by molar-refractivity contribution is 0.561. The molecule has 2 aliphatic rings. The molecular weight excluding hydrogens is 336 g/mol. The van der Waals surface area contributed by atoms with E-state index >= 15 is 0 Å². The molecule has 1 aliphatic carbocycles. The van der Waals surface area contributed by atoms with E-state index in [0.29, 0.717) is 11.4 Å². The molecule has 0 radical (unpaired) electrons. The van der Waals surface area contributed by atoms with E-state index in [1.54, 1.807) is 24.5 Å². The molecule has 1 atom stereocenters. The summed E-state index contributed by atoms with van der Waals surface area (Å²) in [5.74, 6) is 0.986. The summed E-state index contributed by atoms with van der Waals surface area (Å²) in [6, 6.07) is 6.91. The molecule has 1 aromatic heterocycles. The first-order chi connectivity index (χ1) is 12.0. The van der Waals surface area contributed by atoms with Gasteiger partial charge >= 0.3 is 0 Å². The van der Waals surface area contributed by atoms with Gasteiger partial charge in [-0.15, -0.1) is 0 Å². The highest BCUT2D eigenvalue weighted by molar-refractivity contribution is 7.89. The first-order valence-corrected chi connectivity index (χ1v) is 10.2. The molecule has 7 heteroatoms. The van der Waals surface area contributed by atoms with Gasteiger partial charge in [0, 0.05) is 30.4 Å². The maximum absolute atomic E-state index is 12.6. The molecule has 0 bridgehead atoms. The van der Waals surface area contributed by atoms with Crippen molar-refractivity contribution >= 4 is 15.8 Å². The Balaban J connectivity index is 1.49. The van der Waals surface area contributed by atoms with E-state index in [-0.39, 0.29) is 6.04 Å². The number of sulfonamides is 1. The zero-order valence-electron chi connectivity index (χ0n) is 14.3. The second-order valence-electron chi connectivity index (χ2n) is 6.85. The van der Waals surface area contributed by atoms with Gasteiger partial charge in [0.25, 0.3) is 0 Å². The first-order valence-electron chi connectivity index (χ1n) is 8.69. The Morgan fingerprint density at radius 1 is 1.24 bits per heavy atom. The van der Waals surface area contributed by atoms with Crippen LogP contribution in [0.3, 0.4) is 0 Å². The molecule has 6 nitrogen and oxygen atoms in total. The van der Waals surface area contributed by atoms with E-state index < -0.39 is 10.0 Å². The van der Waals surface area contributed by atoms with Crippen molar-refractivity contribution in [1.29, 1.82) is 0 Å². The van der Waals surface area contributed by atoms with Gasteiger partial charge < -0.3 is 4.90 Å². The third-order valence-corrected chi connectivity index (χ3v) is 6.48. The quantitative estimate of drug-likeness (QED) is 0.902. The van der Waals surface area contributed by atoms with Crippen molar-refractivity contribution in [3.05, 3.63) is 47.4 Å². The highest BCUT2D eigenvalue weighted by Gasteiger charge is 2.30. The largest absolute Gasteiger partial charge is 0.355 e. The van der Waals surface area contributed by atoms with E-state index in [1.165, 1.54) is 5.56 Å². The van der Waals surface area contributed by atoms with Crippen LogP contribution < -0.4 is 9.62 Å². The normalized spacial score (nSPS) is 20.0. The van der Waals surface area contributed by atoms with Crippen molar-refractivity contribution in [2.24, 2.45) is 0 Å². The van der Waals surface area contributed by atoms with E-state index in [4.69, 9.17) is 0 Å². The van der Waals surface area contributed by atoms with Crippen LogP contribution >= 0.6 is 0 Å². The van der Waals surface area contributed by atoms with Gasteiger partial charge in [-0.3, -0.25) is 0 Å². The number of fused-ring (bicyclic) bond motifs is 1. The third kappa shape index (κ3) is 3.26. The molecule has 0 saturated carbocycles. The molecule has 25 heavy (non-hydrogen) atoms. The number of rotatable bonds is 4. The van der Waals surface area contributed by atoms with Gasteiger partial charge in [-0.1, -0.05) is 12.1 Å². The Morgan fingerprint density at radius 2 is 2.12 bits per heavy atom. The smallest absolute Gasteiger partial charge is 0.240 e. The Kier molecular flexibility index (Phi) is 4.21. The minimum Gasteiger partial charge on any atom is -0.355 e. The minimum absolute atomic E-state index is 0.0995. The van der Waals surface area contributed by atoms with Crippen LogP contribution in [0.5, 0.6) is 0 Å². The van der Waals surface area contributed by atoms with E-state index in [0.717, 1.165) is 49.3 Å². The molecule has 1 saturated heterocycles. The molecule has 1 N–H and O–H groups in total. The zero-order chi connectivity index (χ0) is 17.4. The van der Waals surface area contributed by atoms with Crippen molar-refractivity contribution in [2.45, 2.75) is 43.5 Å². The Bertz CT molecular complexity index is 898. The molecule has 2 heterocycles. The van der Waals surface area contributed by atoms with Crippen molar-refractivity contribution in [1.82, 2.24) is 14.7 Å². The summed E-state index contributed by atoms with van der Waals surface area (Å²) < 4.78 is 28.1. The second kappa shape index (κ2) is 6.38. The van der Waals surface area contributed by atoms with Crippen LogP contribution in [0.2, 0.25) is 0 Å². The summed E-state index contributed by atoms with van der Waals surface area (Å²) in [7, 11) is -3.49. The number of nitrogens with one attached hydrogen (secondary N) is 1. The maximum atomic E-state index is 12.6. The number of anilines is 1. The van der Waals surface area contributed by atoms with Crippen LogP contribution in [-0.2, 0) is 22.9 Å². The number of aromatic nitrogens is 2. The van der Waals surface area contributed by atoms with Gasteiger partial charge in [0.2, 0.25) is 10.0 Å². The molecule has 1 unspecified atom stereocenters. The monoisotopic (exact) mass is 358 g/mol. The Labute approximate surface area is 148 Å². The van der Waals surface area contributed by atoms with Gasteiger partial charge in [-0.05, 0) is 50.3 Å². The SMILES string of the molecule is Cc1cccc(S(=O)(=O)NC2CCN(c3ncnc4c3CCC4)C2)c1. The summed E-state index contributed by atoms with van der Waals surface area (Å²) in [6.07, 6.45) is 5.57. The number of nitrogens with zero attached hydrogens (tertiary/aromatic N) is 3. The fraction of sp³-hybridized carbons (Fsp3) is 0.444. The average molecular weight is 358 g/mol. The van der Waals surface area contributed by atoms with Gasteiger partial charge in [0.15, 0.2) is 0 Å². The lowest BCUT2D eigenvalue weighted by atomic mass is 10.2. The van der Waals surface area contributed by atoms with Gasteiger partial charge in [-0.2, -0.15) is 0 Å². The molecule has 1 fully saturated rings. The van der Waals surface area contributed by atoms with Crippen LogP contribution in [0.1, 0.15) is 29.7 Å². The van der Waals surface area contributed by atoms with Gasteiger partial charge in [0.05, 0.1) is 4.90 Å². The standard InChI is InChI=1S/C18H22N4O2S/c1-13-4-2-5-15(10-13)25(23,24)21-14-8-9-22(11-14)18-16-6-3-7-17(16)19-12-20-18/h2,4-5,10,12,14,21H,3,6-9,11H2,1H3. The molecule has 132 valence electrons. The van der Waals surface area contributed by atoms with E-state index in [9.17, 15) is 8.42 Å². The topological polar surface area (TPSA) is 75.2 Å². The summed E-state index contributed by atoms with van der Waals surface area (Å²) in [4.78, 5) is 11.4. The summed E-state index contributed by atoms with van der Waals surface area (Å²) in [5.41, 5.74) is 3.32. The van der Waals surface area contributed by atoms with Crippen LogP contribution in [0.15, 0.2) is 35.5 Å². The number of hydrogen-bond donors (Lipinski definition) is 1. The van der Waals surface area contributed by atoms with Crippen LogP contribution in [0.4, 0.5) is 5.82 Å². The molecule has 1 aromatic carbocycles. The van der Waals surface area contributed by atoms with Crippen molar-refractivity contribution in [3.63, 3.8) is 0 Å². The van der Waals surface area contributed by atoms with E-state index in [1.807, 2.05) is 13.0 Å². The summed E-state index contributed by atoms with van der Waals surface area (Å²) in [6.45, 7) is 3.35. The van der Waals surface area contributed by atoms with Crippen LogP contribution in [0.25, 0.3) is 0 Å². The minimum atomic E-state index is -3.49. The third-order valence-electron chi connectivity index (χ3n) is 4.96. The van der Waals surface area contributed by atoms with Gasteiger partial charge in [-0.25, -0.2) is 23.1 Å². The molecule has 2 aromatic rings. The Hall–Kier alpha value is -1.99. The molecule has 1 aliphatic heterocycles. The average Bonchev–Trinajstić information content (AvgIpc) is 3.23. The first kappa shape index (κ1) is 16.5. The fourth-order valence-corrected chi connectivity index (χ4v) is 5.10. The van der Waals surface area contributed by atoms with Gasteiger partial charge in [0.1, 0.15) is 12.1 Å². The van der Waals surface area contributed by atoms with Crippen molar-refractivity contribution in [3.8, 4) is 0 Å². The number of aryl methyl sites for hydroxylation is 2. The highest BCUT2D eigenvalue weighted by atomic mass is 32.2. The van der Waals surface area contributed by atoms with Crippen LogP contribution in [0, 0.1) is 6.92 Å². The van der Waals surface area contributed by atoms with Crippen molar-refractivity contribution in [2.75, 3.05) is 18.0 Å². The molecule has 0 spiro atoms. The van der Waals surface area contributed by atoms with E-state index in [2.05, 4.69) is 19.6 Å². The molecule has 0 amide bonds. The summed E-state index contributed by atoms with van der Waals surface area (Å²) >= 11 is 0. The molecular formula is C18H22N4O2S. The lowest BCUT2D eigenvalue weighted by Crippen LogP contribution is -2.37. The zero-order valence-corrected chi connectivity index (χ0v) is 15.1. The molecule has 4 rings (SSSR count). The maximum Gasteiger partial charge on any atom is 0.240 e. The Morgan fingerprint density at radius 3 is 2.96 bits per heavy atom. The lowest BCUT2D eigenvalue weighted by Gasteiger charge is -2.20. The van der Waals surface area contributed by atoms with Crippen molar-refractivity contribution < 1.29 is 8.42 Å². The predicted octanol–water partition coefficient (Wildman–Crippen LogP) is 1.83. The number of hydrogen-bond acceptors (Lipinski definition) is 5. The van der Waals surface area contributed by atoms with Crippen LogP contribution in [-0.4, -0.2) is 37.5 Å². The second-order valence-corrected chi connectivity index (χ2v) is 8.56. The fourth-order valence-electron chi connectivity index (χ4n) is 3.73. The number of benzene rings is 1. The summed E-state index contributed by atoms with van der Waals surface area (Å²) in [5, 5.41) is 0. The predicted molar refractivity (Wildman–Crippen MR) is 96.2 cm³/mol.